The Morgan fingerprint density at radius 1 is 1.07 bits per heavy atom. The number of amides is 1. The van der Waals surface area contributed by atoms with E-state index in [1.807, 2.05) is 54.6 Å². The van der Waals surface area contributed by atoms with Crippen molar-refractivity contribution < 1.29 is 14.7 Å². The molecule has 3 aromatic carbocycles. The van der Waals surface area contributed by atoms with Gasteiger partial charge < -0.3 is 10.4 Å². The van der Waals surface area contributed by atoms with Crippen LogP contribution in [0.3, 0.4) is 0 Å². The molecule has 6 heteroatoms. The molecular weight excluding hydrogens is 378 g/mol. The van der Waals surface area contributed by atoms with E-state index in [-0.39, 0.29) is 11.5 Å². The van der Waals surface area contributed by atoms with Crippen molar-refractivity contribution in [3.8, 4) is 0 Å². The molecule has 5 rings (SSSR count). The normalized spacial score (nSPS) is 15.7. The highest BCUT2D eigenvalue weighted by molar-refractivity contribution is 6.36. The predicted octanol–water partition coefficient (Wildman–Crippen LogP) is 4.27. The lowest BCUT2D eigenvalue weighted by molar-refractivity contribution is -0.112. The zero-order valence-corrected chi connectivity index (χ0v) is 16.1. The predicted molar refractivity (Wildman–Crippen MR) is 117 cm³/mol. The minimum Gasteiger partial charge on any atom is -0.478 e. The van der Waals surface area contributed by atoms with E-state index < -0.39 is 5.97 Å². The Bertz CT molecular complexity index is 1200. The first-order chi connectivity index (χ1) is 14.6. The number of carboxylic acids is 1. The van der Waals surface area contributed by atoms with E-state index in [9.17, 15) is 14.7 Å². The molecule has 0 aliphatic carbocycles. The molecular formula is C24H19N3O3. The summed E-state index contributed by atoms with van der Waals surface area (Å²) < 4.78 is 0. The number of carbonyl (C=O) groups is 2. The van der Waals surface area contributed by atoms with Gasteiger partial charge in [-0.15, -0.1) is 0 Å². The molecule has 0 spiro atoms. The van der Waals surface area contributed by atoms with Gasteiger partial charge in [0, 0.05) is 17.8 Å². The Labute approximate surface area is 173 Å². The second kappa shape index (κ2) is 7.08. The topological polar surface area (TPSA) is 81.7 Å². The third kappa shape index (κ3) is 3.08. The number of hydrogen-bond donors (Lipinski definition) is 3. The van der Waals surface area contributed by atoms with Crippen LogP contribution >= 0.6 is 0 Å². The first-order valence-electron chi connectivity index (χ1n) is 9.72. The van der Waals surface area contributed by atoms with Gasteiger partial charge in [-0.1, -0.05) is 36.4 Å². The summed E-state index contributed by atoms with van der Waals surface area (Å²) in [5, 5.41) is 14.2. The van der Waals surface area contributed by atoms with Gasteiger partial charge in [-0.25, -0.2) is 9.80 Å². The summed E-state index contributed by atoms with van der Waals surface area (Å²) in [6, 6.07) is 20.3. The standard InChI is InChI=1S/C24H19N3O3/c28-23-20(12-15-4-2-1-3-5-15)19-8-6-17(24(29)30)14-22(19)27(23)26-18-7-9-21-16(13-18)10-11-25-21/h1-9,12-14,25-26H,10-11H2,(H,29,30). The molecule has 1 amide bonds. The fourth-order valence-electron chi connectivity index (χ4n) is 3.89. The minimum atomic E-state index is -1.03. The summed E-state index contributed by atoms with van der Waals surface area (Å²) in [6.45, 7) is 0.899. The van der Waals surface area contributed by atoms with Crippen LogP contribution in [-0.4, -0.2) is 23.5 Å². The van der Waals surface area contributed by atoms with Crippen molar-refractivity contribution in [3.63, 3.8) is 0 Å². The Morgan fingerprint density at radius 3 is 2.70 bits per heavy atom. The number of nitrogens with one attached hydrogen (secondary N) is 2. The molecule has 30 heavy (non-hydrogen) atoms. The van der Waals surface area contributed by atoms with Crippen LogP contribution in [0.2, 0.25) is 0 Å². The van der Waals surface area contributed by atoms with Crippen LogP contribution in [0.25, 0.3) is 11.6 Å². The average Bonchev–Trinajstić information content (AvgIpc) is 3.32. The van der Waals surface area contributed by atoms with Gasteiger partial charge in [0.2, 0.25) is 0 Å². The second-order valence-electron chi connectivity index (χ2n) is 7.31. The zero-order valence-electron chi connectivity index (χ0n) is 16.1. The van der Waals surface area contributed by atoms with E-state index in [1.165, 1.54) is 22.7 Å². The molecule has 6 nitrogen and oxygen atoms in total. The minimum absolute atomic E-state index is 0.132. The quantitative estimate of drug-likeness (QED) is 0.573. The van der Waals surface area contributed by atoms with Gasteiger partial charge in [0.25, 0.3) is 5.91 Å². The van der Waals surface area contributed by atoms with Crippen LogP contribution < -0.4 is 15.8 Å². The Morgan fingerprint density at radius 2 is 1.90 bits per heavy atom. The molecule has 0 unspecified atom stereocenters. The molecule has 2 aliphatic heterocycles. The summed E-state index contributed by atoms with van der Waals surface area (Å²) in [4.78, 5) is 24.8. The molecule has 0 saturated heterocycles. The van der Waals surface area contributed by atoms with Gasteiger partial charge >= 0.3 is 5.97 Å². The Balaban J connectivity index is 1.57. The van der Waals surface area contributed by atoms with E-state index in [4.69, 9.17) is 0 Å². The Hall–Kier alpha value is -4.06. The van der Waals surface area contributed by atoms with Crippen LogP contribution in [0.15, 0.2) is 66.7 Å². The molecule has 0 atom stereocenters. The van der Waals surface area contributed by atoms with Crippen LogP contribution in [0.1, 0.15) is 27.0 Å². The van der Waals surface area contributed by atoms with Gasteiger partial charge in [0.1, 0.15) is 0 Å². The fourth-order valence-corrected chi connectivity index (χ4v) is 3.89. The van der Waals surface area contributed by atoms with Crippen molar-refractivity contribution >= 4 is 40.6 Å². The van der Waals surface area contributed by atoms with Crippen molar-refractivity contribution in [1.82, 2.24) is 0 Å². The van der Waals surface area contributed by atoms with E-state index in [1.54, 1.807) is 6.07 Å². The number of hydrogen-bond acceptors (Lipinski definition) is 4. The smallest absolute Gasteiger partial charge is 0.335 e. The third-order valence-corrected chi connectivity index (χ3v) is 5.38. The zero-order chi connectivity index (χ0) is 20.7. The summed E-state index contributed by atoms with van der Waals surface area (Å²) in [5.74, 6) is -1.26. The lowest BCUT2D eigenvalue weighted by Gasteiger charge is -2.20. The third-order valence-electron chi connectivity index (χ3n) is 5.38. The number of carbonyl (C=O) groups excluding carboxylic acids is 1. The van der Waals surface area contributed by atoms with Crippen molar-refractivity contribution in [2.24, 2.45) is 0 Å². The number of anilines is 3. The van der Waals surface area contributed by atoms with Gasteiger partial charge in [-0.05, 0) is 54.0 Å². The highest BCUT2D eigenvalue weighted by Crippen LogP contribution is 2.39. The second-order valence-corrected chi connectivity index (χ2v) is 7.31. The monoisotopic (exact) mass is 397 g/mol. The molecule has 0 radical (unpaired) electrons. The largest absolute Gasteiger partial charge is 0.478 e. The van der Waals surface area contributed by atoms with E-state index in [0.717, 1.165) is 29.9 Å². The first kappa shape index (κ1) is 18.0. The van der Waals surface area contributed by atoms with Gasteiger partial charge in [0.05, 0.1) is 22.5 Å². The van der Waals surface area contributed by atoms with Gasteiger partial charge in [-0.3, -0.25) is 10.2 Å². The van der Waals surface area contributed by atoms with Crippen LogP contribution in [-0.2, 0) is 11.2 Å². The first-order valence-corrected chi connectivity index (χ1v) is 9.72. The highest BCUT2D eigenvalue weighted by atomic mass is 16.4. The molecule has 0 aromatic heterocycles. The molecule has 148 valence electrons. The van der Waals surface area contributed by atoms with Crippen LogP contribution in [0.5, 0.6) is 0 Å². The highest BCUT2D eigenvalue weighted by Gasteiger charge is 2.33. The average molecular weight is 397 g/mol. The van der Waals surface area contributed by atoms with Crippen LogP contribution in [0.4, 0.5) is 17.1 Å². The number of benzene rings is 3. The van der Waals surface area contributed by atoms with Crippen molar-refractivity contribution in [3.05, 3.63) is 89.0 Å². The van der Waals surface area contributed by atoms with E-state index >= 15 is 0 Å². The van der Waals surface area contributed by atoms with Crippen molar-refractivity contribution in [2.75, 3.05) is 22.3 Å². The number of nitrogens with zero attached hydrogens (tertiary/aromatic N) is 1. The molecule has 3 N–H and O–H groups in total. The maximum atomic E-state index is 13.3. The lowest BCUT2D eigenvalue weighted by atomic mass is 10.0. The SMILES string of the molecule is O=C(O)c1ccc2c(c1)N(Nc1ccc3c(c1)CCN3)C(=O)C2=Cc1ccccc1. The molecule has 0 bridgehead atoms. The summed E-state index contributed by atoms with van der Waals surface area (Å²) >= 11 is 0. The van der Waals surface area contributed by atoms with Crippen molar-refractivity contribution in [2.45, 2.75) is 6.42 Å². The molecule has 2 heterocycles. The van der Waals surface area contributed by atoms with Crippen LogP contribution in [0, 0.1) is 0 Å². The number of aromatic carboxylic acids is 1. The van der Waals surface area contributed by atoms with E-state index in [0.29, 0.717) is 16.8 Å². The number of rotatable bonds is 4. The molecule has 2 aliphatic rings. The fraction of sp³-hybridized carbons (Fsp3) is 0.0833. The van der Waals surface area contributed by atoms with Gasteiger partial charge in [-0.2, -0.15) is 0 Å². The summed E-state index contributed by atoms with van der Waals surface area (Å²) in [6.07, 6.45) is 2.76. The summed E-state index contributed by atoms with van der Waals surface area (Å²) in [5.41, 5.74) is 9.02. The maximum absolute atomic E-state index is 13.3. The molecule has 0 saturated carbocycles. The Kier molecular flexibility index (Phi) is 4.25. The number of hydrazine groups is 1. The van der Waals surface area contributed by atoms with Crippen molar-refractivity contribution in [1.29, 1.82) is 0 Å². The maximum Gasteiger partial charge on any atom is 0.335 e. The number of fused-ring (bicyclic) bond motifs is 2. The lowest BCUT2D eigenvalue weighted by Crippen LogP contribution is -2.32. The molecule has 0 fully saturated rings. The van der Waals surface area contributed by atoms with E-state index in [2.05, 4.69) is 10.7 Å². The van der Waals surface area contributed by atoms with Gasteiger partial charge in [0.15, 0.2) is 0 Å². The number of carboxylic acid groups (broad SMARTS) is 1. The summed E-state index contributed by atoms with van der Waals surface area (Å²) in [7, 11) is 0. The molecule has 3 aromatic rings.